The van der Waals surface area contributed by atoms with Gasteiger partial charge in [0.15, 0.2) is 0 Å². The largest absolute Gasteiger partial charge is 0.376 e. The molecule has 0 amide bonds. The van der Waals surface area contributed by atoms with Gasteiger partial charge < -0.3 is 4.90 Å². The van der Waals surface area contributed by atoms with Gasteiger partial charge in [-0.05, 0) is 26.2 Å². The van der Waals surface area contributed by atoms with Gasteiger partial charge in [-0.3, -0.25) is 0 Å². The molecule has 0 aliphatic rings. The fourth-order valence-electron chi connectivity index (χ4n) is 1.20. The van der Waals surface area contributed by atoms with E-state index in [1.165, 1.54) is 25.1 Å². The van der Waals surface area contributed by atoms with E-state index in [4.69, 9.17) is 0 Å². The van der Waals surface area contributed by atoms with E-state index < -0.39 is 0 Å². The topological polar surface area (TPSA) is 3.24 Å². The highest BCUT2D eigenvalue weighted by Crippen LogP contribution is 2.09. The van der Waals surface area contributed by atoms with Crippen molar-refractivity contribution in [1.29, 1.82) is 0 Å². The summed E-state index contributed by atoms with van der Waals surface area (Å²) in [5.74, 6) is 0.846. The lowest BCUT2D eigenvalue weighted by Crippen LogP contribution is -2.23. The van der Waals surface area contributed by atoms with Crippen molar-refractivity contribution < 1.29 is 0 Å². The molecule has 0 fully saturated rings. The van der Waals surface area contributed by atoms with Crippen LogP contribution >= 0.6 is 0 Å². The lowest BCUT2D eigenvalue weighted by Gasteiger charge is -2.24. The zero-order valence-electron chi connectivity index (χ0n) is 9.06. The van der Waals surface area contributed by atoms with Gasteiger partial charge in [0.2, 0.25) is 0 Å². The van der Waals surface area contributed by atoms with Crippen LogP contribution in [0.15, 0.2) is 12.3 Å². The van der Waals surface area contributed by atoms with Gasteiger partial charge >= 0.3 is 0 Å². The highest BCUT2D eigenvalue weighted by molar-refractivity contribution is 4.87. The van der Waals surface area contributed by atoms with E-state index in [0.717, 1.165) is 12.5 Å². The van der Waals surface area contributed by atoms with Crippen LogP contribution in [0.25, 0.3) is 0 Å². The Kier molecular flexibility index (Phi) is 5.87. The normalized spacial score (nSPS) is 12.7. The van der Waals surface area contributed by atoms with Crippen LogP contribution in [0.1, 0.15) is 40.5 Å². The molecule has 0 spiro atoms. The Morgan fingerprint density at radius 2 is 2.00 bits per heavy atom. The second-order valence-corrected chi connectivity index (χ2v) is 3.62. The number of allylic oxidation sites excluding steroid dienone is 1. The Bertz CT molecular complexity index is 129. The summed E-state index contributed by atoms with van der Waals surface area (Å²) < 4.78 is 0. The second kappa shape index (κ2) is 6.10. The summed E-state index contributed by atoms with van der Waals surface area (Å²) in [5.41, 5.74) is 1.20. The van der Waals surface area contributed by atoms with Crippen LogP contribution < -0.4 is 0 Å². The predicted octanol–water partition coefficient (Wildman–Crippen LogP) is 3.28. The predicted molar refractivity (Wildman–Crippen MR) is 56.1 cm³/mol. The second-order valence-electron chi connectivity index (χ2n) is 3.62. The minimum atomic E-state index is 0.846. The highest BCUT2D eigenvalue weighted by atomic mass is 15.1. The Labute approximate surface area is 77.5 Å². The van der Waals surface area contributed by atoms with Crippen LogP contribution in [-0.2, 0) is 0 Å². The molecule has 0 radical (unpaired) electrons. The van der Waals surface area contributed by atoms with Crippen molar-refractivity contribution in [1.82, 2.24) is 4.90 Å². The molecule has 72 valence electrons. The third-order valence-corrected chi connectivity index (χ3v) is 2.51. The molecule has 0 aliphatic heterocycles. The Morgan fingerprint density at radius 1 is 1.42 bits per heavy atom. The first-order valence-corrected chi connectivity index (χ1v) is 5.02. The molecule has 0 saturated carbocycles. The van der Waals surface area contributed by atoms with Crippen LogP contribution in [0.5, 0.6) is 0 Å². The molecular formula is C11H23N. The van der Waals surface area contributed by atoms with Gasteiger partial charge in [-0.1, -0.05) is 26.8 Å². The summed E-state index contributed by atoms with van der Waals surface area (Å²) in [6, 6.07) is 0. The summed E-state index contributed by atoms with van der Waals surface area (Å²) in [7, 11) is 0. The number of hydrogen-bond donors (Lipinski definition) is 0. The molecular weight excluding hydrogens is 146 g/mol. The van der Waals surface area contributed by atoms with Gasteiger partial charge in [0.1, 0.15) is 0 Å². The van der Waals surface area contributed by atoms with Gasteiger partial charge in [-0.15, -0.1) is 0 Å². The van der Waals surface area contributed by atoms with Crippen LogP contribution in [0.3, 0.4) is 0 Å². The third-order valence-electron chi connectivity index (χ3n) is 2.51. The average molecular weight is 169 g/mol. The molecule has 12 heavy (non-hydrogen) atoms. The van der Waals surface area contributed by atoms with E-state index in [9.17, 15) is 0 Å². The molecule has 0 aromatic heterocycles. The number of rotatable bonds is 6. The maximum atomic E-state index is 3.96. The van der Waals surface area contributed by atoms with Crippen molar-refractivity contribution in [2.24, 2.45) is 5.92 Å². The zero-order chi connectivity index (χ0) is 9.56. The first-order valence-electron chi connectivity index (χ1n) is 5.02. The third kappa shape index (κ3) is 4.42. The van der Waals surface area contributed by atoms with E-state index >= 15 is 0 Å². The van der Waals surface area contributed by atoms with Crippen LogP contribution in [0.2, 0.25) is 0 Å². The monoisotopic (exact) mass is 169 g/mol. The minimum absolute atomic E-state index is 0.846. The molecule has 0 N–H and O–H groups in total. The summed E-state index contributed by atoms with van der Waals surface area (Å²) in [6.45, 7) is 15.0. The van der Waals surface area contributed by atoms with Gasteiger partial charge in [-0.25, -0.2) is 0 Å². The van der Waals surface area contributed by atoms with E-state index in [1.54, 1.807) is 0 Å². The van der Waals surface area contributed by atoms with Crippen LogP contribution in [-0.4, -0.2) is 18.0 Å². The van der Waals surface area contributed by atoms with Gasteiger partial charge in [0.05, 0.1) is 0 Å². The average Bonchev–Trinajstić information content (AvgIpc) is 2.04. The molecule has 1 nitrogen and oxygen atoms in total. The van der Waals surface area contributed by atoms with E-state index in [2.05, 4.69) is 39.2 Å². The zero-order valence-corrected chi connectivity index (χ0v) is 9.06. The summed E-state index contributed by atoms with van der Waals surface area (Å²) in [5, 5.41) is 0. The fraction of sp³-hybridized carbons (Fsp3) is 0.818. The van der Waals surface area contributed by atoms with E-state index in [1.807, 2.05) is 0 Å². The van der Waals surface area contributed by atoms with E-state index in [0.29, 0.717) is 0 Å². The lowest BCUT2D eigenvalue weighted by atomic mass is 10.1. The van der Waals surface area contributed by atoms with Crippen molar-refractivity contribution in [3.63, 3.8) is 0 Å². The Hall–Kier alpha value is -0.460. The summed E-state index contributed by atoms with van der Waals surface area (Å²) >= 11 is 0. The highest BCUT2D eigenvalue weighted by Gasteiger charge is 2.03. The molecule has 0 heterocycles. The van der Waals surface area contributed by atoms with Gasteiger partial charge in [-0.2, -0.15) is 0 Å². The fourth-order valence-corrected chi connectivity index (χ4v) is 1.20. The first-order chi connectivity index (χ1) is 5.61. The molecule has 1 unspecified atom stereocenters. The van der Waals surface area contributed by atoms with Gasteiger partial charge in [0.25, 0.3) is 0 Å². The Balaban J connectivity index is 3.65. The molecule has 1 heteroatoms. The maximum Gasteiger partial charge on any atom is 0.0177 e. The molecule has 0 aliphatic carbocycles. The summed E-state index contributed by atoms with van der Waals surface area (Å²) in [4.78, 5) is 2.34. The molecule has 0 rings (SSSR count). The molecule has 0 saturated heterocycles. The number of hydrogen-bond acceptors (Lipinski definition) is 1. The van der Waals surface area contributed by atoms with Gasteiger partial charge in [0, 0.05) is 18.8 Å². The molecule has 0 bridgehead atoms. The quantitative estimate of drug-likeness (QED) is 0.590. The van der Waals surface area contributed by atoms with Crippen molar-refractivity contribution in [2.75, 3.05) is 13.1 Å². The van der Waals surface area contributed by atoms with Crippen molar-refractivity contribution >= 4 is 0 Å². The first kappa shape index (κ1) is 11.5. The number of nitrogens with zero attached hydrogens (tertiary/aromatic N) is 1. The molecule has 0 aromatic rings. The lowest BCUT2D eigenvalue weighted by molar-refractivity contribution is 0.326. The summed E-state index contributed by atoms with van der Waals surface area (Å²) in [6.07, 6.45) is 2.57. The maximum absolute atomic E-state index is 3.96. The van der Waals surface area contributed by atoms with Crippen molar-refractivity contribution in [3.05, 3.63) is 12.3 Å². The standard InChI is InChI=1S/C11H23N/c1-6-11(5)8-9-12(7-2)10(3)4/h11H,3,6-9H2,1-2,4-5H3. The Morgan fingerprint density at radius 3 is 2.33 bits per heavy atom. The molecule has 0 aromatic carbocycles. The van der Waals surface area contributed by atoms with Crippen LogP contribution in [0.4, 0.5) is 0 Å². The molecule has 1 atom stereocenters. The van der Waals surface area contributed by atoms with E-state index in [-0.39, 0.29) is 0 Å². The van der Waals surface area contributed by atoms with Crippen molar-refractivity contribution in [3.8, 4) is 0 Å². The smallest absolute Gasteiger partial charge is 0.0177 e. The van der Waals surface area contributed by atoms with Crippen molar-refractivity contribution in [2.45, 2.75) is 40.5 Å². The SMILES string of the molecule is C=C(C)N(CC)CCC(C)CC. The van der Waals surface area contributed by atoms with Crippen LogP contribution in [0, 0.1) is 5.92 Å². The minimum Gasteiger partial charge on any atom is -0.376 e.